The van der Waals surface area contributed by atoms with Gasteiger partial charge in [0.15, 0.2) is 0 Å². The number of amides is 1. The Labute approximate surface area is 233 Å². The molecule has 3 heterocycles. The molecule has 6 rings (SSSR count). The molecule has 3 aromatic carbocycles. The maximum atomic E-state index is 12.5. The minimum absolute atomic E-state index is 0.0620. The first-order valence-corrected chi connectivity index (χ1v) is 13.3. The normalized spacial score (nSPS) is 13.3. The summed E-state index contributed by atoms with van der Waals surface area (Å²) < 4.78 is 5.18. The number of ether oxygens (including phenoxy) is 1. The highest BCUT2D eigenvalue weighted by Crippen LogP contribution is 2.26. The molecule has 8 nitrogen and oxygen atoms in total. The zero-order chi connectivity index (χ0) is 27.3. The van der Waals surface area contributed by atoms with E-state index in [1.807, 2.05) is 73.2 Å². The summed E-state index contributed by atoms with van der Waals surface area (Å²) >= 11 is 0. The number of benzene rings is 3. The van der Waals surface area contributed by atoms with Crippen molar-refractivity contribution in [2.45, 2.75) is 6.42 Å². The van der Waals surface area contributed by atoms with Gasteiger partial charge in [-0.1, -0.05) is 30.3 Å². The van der Waals surface area contributed by atoms with Crippen LogP contribution in [0.4, 0.5) is 17.2 Å². The van der Waals surface area contributed by atoms with Crippen molar-refractivity contribution < 1.29 is 9.53 Å². The molecule has 0 bridgehead atoms. The van der Waals surface area contributed by atoms with Gasteiger partial charge in [0.05, 0.1) is 30.8 Å². The summed E-state index contributed by atoms with van der Waals surface area (Å²) in [6.45, 7) is 3.61. The van der Waals surface area contributed by atoms with E-state index in [9.17, 15) is 4.79 Å². The van der Waals surface area contributed by atoms with Crippen LogP contribution in [0, 0.1) is 0 Å². The monoisotopic (exact) mass is 530 g/mol. The van der Waals surface area contributed by atoms with Gasteiger partial charge in [-0.25, -0.2) is 4.98 Å². The Hall–Kier alpha value is -4.98. The number of methoxy groups -OCH3 is 1. The first-order chi connectivity index (χ1) is 19.6. The predicted octanol–water partition coefficient (Wildman–Crippen LogP) is 5.21. The number of rotatable bonds is 7. The van der Waals surface area contributed by atoms with Gasteiger partial charge in [-0.05, 0) is 65.2 Å². The van der Waals surface area contributed by atoms with Gasteiger partial charge < -0.3 is 19.9 Å². The van der Waals surface area contributed by atoms with Crippen LogP contribution in [0.3, 0.4) is 0 Å². The van der Waals surface area contributed by atoms with E-state index in [2.05, 4.69) is 49.4 Å². The molecule has 2 aromatic heterocycles. The highest BCUT2D eigenvalue weighted by molar-refractivity contribution is 5.92. The summed E-state index contributed by atoms with van der Waals surface area (Å²) in [7, 11) is 1.63. The second-order valence-electron chi connectivity index (χ2n) is 9.76. The number of hydrogen-bond acceptors (Lipinski definition) is 7. The molecule has 40 heavy (non-hydrogen) atoms. The van der Waals surface area contributed by atoms with Crippen molar-refractivity contribution in [2.24, 2.45) is 0 Å². The number of carbonyl (C=O) groups excluding carboxylic acids is 1. The van der Waals surface area contributed by atoms with E-state index in [0.29, 0.717) is 6.42 Å². The van der Waals surface area contributed by atoms with Gasteiger partial charge in [0, 0.05) is 49.9 Å². The molecule has 5 aromatic rings. The van der Waals surface area contributed by atoms with Gasteiger partial charge in [-0.2, -0.15) is 0 Å². The maximum Gasteiger partial charge on any atom is 0.228 e. The summed E-state index contributed by atoms with van der Waals surface area (Å²) in [6, 6.07) is 25.6. The van der Waals surface area contributed by atoms with Crippen molar-refractivity contribution in [1.82, 2.24) is 15.0 Å². The largest absolute Gasteiger partial charge is 0.497 e. The number of aromatic nitrogens is 3. The second-order valence-corrected chi connectivity index (χ2v) is 9.76. The van der Waals surface area contributed by atoms with Gasteiger partial charge in [-0.15, -0.1) is 0 Å². The number of piperazine rings is 1. The summed E-state index contributed by atoms with van der Waals surface area (Å²) in [4.78, 5) is 30.9. The minimum Gasteiger partial charge on any atom is -0.497 e. The summed E-state index contributed by atoms with van der Waals surface area (Å²) in [5.41, 5.74) is 6.73. The highest BCUT2D eigenvalue weighted by atomic mass is 16.5. The van der Waals surface area contributed by atoms with Gasteiger partial charge in [0.2, 0.25) is 5.91 Å². The number of hydrogen-bond donors (Lipinski definition) is 1. The van der Waals surface area contributed by atoms with Crippen molar-refractivity contribution in [1.29, 1.82) is 0 Å². The molecule has 1 aliphatic rings. The molecule has 200 valence electrons. The van der Waals surface area contributed by atoms with Crippen molar-refractivity contribution in [3.8, 4) is 16.9 Å². The van der Waals surface area contributed by atoms with Crippen LogP contribution in [0.15, 0.2) is 97.5 Å². The Morgan fingerprint density at radius 3 is 2.25 bits per heavy atom. The molecule has 0 saturated carbocycles. The van der Waals surface area contributed by atoms with Crippen molar-refractivity contribution in [2.75, 3.05) is 48.4 Å². The number of nitrogens with one attached hydrogen (secondary N) is 1. The summed E-state index contributed by atoms with van der Waals surface area (Å²) in [6.07, 6.45) is 5.84. The number of nitrogens with zero attached hydrogens (tertiary/aromatic N) is 5. The zero-order valence-corrected chi connectivity index (χ0v) is 22.3. The van der Waals surface area contributed by atoms with E-state index in [1.165, 1.54) is 5.69 Å². The Balaban J connectivity index is 1.11. The first-order valence-electron chi connectivity index (χ1n) is 13.3. The van der Waals surface area contributed by atoms with Crippen molar-refractivity contribution in [3.05, 3.63) is 103 Å². The summed E-state index contributed by atoms with van der Waals surface area (Å²) in [5, 5.41) is 2.98. The third-order valence-corrected chi connectivity index (χ3v) is 7.19. The molecule has 0 unspecified atom stereocenters. The maximum absolute atomic E-state index is 12.5. The summed E-state index contributed by atoms with van der Waals surface area (Å²) in [5.74, 6) is 1.61. The molecule has 0 spiro atoms. The lowest BCUT2D eigenvalue weighted by Crippen LogP contribution is -2.46. The number of anilines is 3. The van der Waals surface area contributed by atoms with Crippen LogP contribution >= 0.6 is 0 Å². The van der Waals surface area contributed by atoms with E-state index < -0.39 is 0 Å². The fourth-order valence-corrected chi connectivity index (χ4v) is 4.96. The molecule has 1 N–H and O–H groups in total. The van der Waals surface area contributed by atoms with E-state index in [-0.39, 0.29) is 5.91 Å². The van der Waals surface area contributed by atoms with E-state index in [4.69, 9.17) is 9.72 Å². The molecule has 1 fully saturated rings. The third-order valence-electron chi connectivity index (χ3n) is 7.19. The van der Waals surface area contributed by atoms with Gasteiger partial charge in [-0.3, -0.25) is 14.8 Å². The Morgan fingerprint density at radius 1 is 0.825 bits per heavy atom. The smallest absolute Gasteiger partial charge is 0.228 e. The Kier molecular flexibility index (Phi) is 7.22. The topological polar surface area (TPSA) is 83.5 Å². The molecule has 0 aliphatic carbocycles. The number of carbonyl (C=O) groups is 1. The van der Waals surface area contributed by atoms with E-state index in [1.54, 1.807) is 7.11 Å². The van der Waals surface area contributed by atoms with Crippen LogP contribution in [0.25, 0.3) is 22.2 Å². The van der Waals surface area contributed by atoms with Gasteiger partial charge in [0.25, 0.3) is 0 Å². The van der Waals surface area contributed by atoms with Crippen molar-refractivity contribution in [3.63, 3.8) is 0 Å². The lowest BCUT2D eigenvalue weighted by atomic mass is 10.0. The van der Waals surface area contributed by atoms with Crippen LogP contribution in [-0.2, 0) is 11.2 Å². The average molecular weight is 531 g/mol. The standard InChI is InChI=1S/C32H30N6O2/c1-40-28-9-2-23(3-10-28)20-32(39)35-26-7-4-24(5-8-26)25-6-11-29-30(21-25)36-31(22-34-29)38-18-16-37(17-19-38)27-12-14-33-15-13-27/h2-15,21-22H,16-20H2,1H3,(H,35,39). The van der Waals surface area contributed by atoms with E-state index in [0.717, 1.165) is 71.2 Å². The SMILES string of the molecule is COc1ccc(CC(=O)Nc2ccc(-c3ccc4ncc(N5CCN(c6ccncc6)CC5)nc4c3)cc2)cc1. The molecule has 0 atom stereocenters. The van der Waals surface area contributed by atoms with E-state index >= 15 is 0 Å². The predicted molar refractivity (Wildman–Crippen MR) is 159 cm³/mol. The fourth-order valence-electron chi connectivity index (χ4n) is 4.96. The van der Waals surface area contributed by atoms with Crippen LogP contribution in [0.5, 0.6) is 5.75 Å². The van der Waals surface area contributed by atoms with Crippen LogP contribution in [0.1, 0.15) is 5.56 Å². The number of pyridine rings is 1. The van der Waals surface area contributed by atoms with Crippen molar-refractivity contribution >= 4 is 34.1 Å². The number of fused-ring (bicyclic) bond motifs is 1. The lowest BCUT2D eigenvalue weighted by Gasteiger charge is -2.36. The first kappa shape index (κ1) is 25.3. The molecular formula is C32H30N6O2. The second kappa shape index (κ2) is 11.4. The molecule has 1 amide bonds. The lowest BCUT2D eigenvalue weighted by molar-refractivity contribution is -0.115. The molecule has 8 heteroatoms. The third kappa shape index (κ3) is 5.71. The minimum atomic E-state index is -0.0620. The molecule has 1 aliphatic heterocycles. The molecule has 1 saturated heterocycles. The Bertz CT molecular complexity index is 1600. The molecule has 0 radical (unpaired) electrons. The van der Waals surface area contributed by atoms with Gasteiger partial charge in [0.1, 0.15) is 11.6 Å². The Morgan fingerprint density at radius 2 is 1.52 bits per heavy atom. The zero-order valence-electron chi connectivity index (χ0n) is 22.3. The van der Waals surface area contributed by atoms with Crippen LogP contribution < -0.4 is 19.9 Å². The van der Waals surface area contributed by atoms with Gasteiger partial charge >= 0.3 is 0 Å². The molecular weight excluding hydrogens is 500 g/mol. The van der Waals surface area contributed by atoms with Crippen LogP contribution in [0.2, 0.25) is 0 Å². The highest BCUT2D eigenvalue weighted by Gasteiger charge is 2.19. The average Bonchev–Trinajstić information content (AvgIpc) is 3.02. The van der Waals surface area contributed by atoms with Crippen LogP contribution in [-0.4, -0.2) is 54.1 Å². The quantitative estimate of drug-likeness (QED) is 0.309. The fraction of sp³-hybridized carbons (Fsp3) is 0.188.